The second kappa shape index (κ2) is 15.2. The van der Waals surface area contributed by atoms with Gasteiger partial charge in [0, 0.05) is 34.3 Å². The Morgan fingerprint density at radius 2 is 1.31 bits per heavy atom. The normalized spacial score (nSPS) is 24.1. The monoisotopic (exact) mass is 827 g/mol. The topological polar surface area (TPSA) is 3.24 Å². The molecule has 64 heavy (non-hydrogen) atoms. The van der Waals surface area contributed by atoms with Crippen molar-refractivity contribution in [3.63, 3.8) is 0 Å². The van der Waals surface area contributed by atoms with Crippen LogP contribution in [0, 0.1) is 0 Å². The minimum atomic E-state index is -0.412. The highest BCUT2D eigenvalue weighted by Gasteiger charge is 2.50. The quantitative estimate of drug-likeness (QED) is 0.165. The first kappa shape index (κ1) is 38.3. The molecule has 3 unspecified atom stereocenters. The van der Waals surface area contributed by atoms with Crippen molar-refractivity contribution in [2.75, 3.05) is 4.90 Å². The number of anilines is 1. The molecular weight excluding hydrogens is 771 g/mol. The Hall–Kier alpha value is -6.18. The van der Waals surface area contributed by atoms with Crippen LogP contribution in [-0.2, 0) is 23.7 Å². The smallest absolute Gasteiger partial charge is 0.0711 e. The van der Waals surface area contributed by atoms with Crippen molar-refractivity contribution in [3.8, 4) is 11.1 Å². The highest BCUT2D eigenvalue weighted by Crippen LogP contribution is 2.61. The minimum absolute atomic E-state index is 0.141. The fourth-order valence-electron chi connectivity index (χ4n) is 13.9. The van der Waals surface area contributed by atoms with Gasteiger partial charge in [-0.05, 0) is 166 Å². The van der Waals surface area contributed by atoms with E-state index in [0.717, 1.165) is 44.9 Å². The fourth-order valence-corrected chi connectivity index (χ4v) is 13.9. The Morgan fingerprint density at radius 3 is 2.16 bits per heavy atom. The Morgan fingerprint density at radius 1 is 0.547 bits per heavy atom. The zero-order valence-corrected chi connectivity index (χ0v) is 37.0. The molecule has 8 aliphatic carbocycles. The molecule has 0 aliphatic heterocycles. The fraction of sp³-hybridized carbons (Fsp3) is 0.270. The zero-order chi connectivity index (χ0) is 42.2. The molecule has 5 aromatic carbocycles. The van der Waals surface area contributed by atoms with E-state index in [-0.39, 0.29) is 5.41 Å². The maximum absolute atomic E-state index is 2.68. The van der Waals surface area contributed by atoms with Crippen LogP contribution in [0.4, 0.5) is 5.69 Å². The molecular formula is C63H57N. The van der Waals surface area contributed by atoms with Crippen molar-refractivity contribution in [2.45, 2.75) is 106 Å². The molecule has 0 aromatic heterocycles. The Kier molecular flexibility index (Phi) is 9.11. The molecule has 314 valence electrons. The highest BCUT2D eigenvalue weighted by atomic mass is 15.2. The van der Waals surface area contributed by atoms with Crippen LogP contribution in [0.15, 0.2) is 186 Å². The molecule has 0 amide bonds. The zero-order valence-electron chi connectivity index (χ0n) is 37.0. The number of allylic oxidation sites excluding steroid dienone is 12. The molecule has 0 saturated heterocycles. The number of fused-ring (bicyclic) bond motifs is 11. The molecule has 0 radical (unpaired) electrons. The predicted octanol–water partition coefficient (Wildman–Crippen LogP) is 15.8. The van der Waals surface area contributed by atoms with Gasteiger partial charge in [-0.15, -0.1) is 0 Å². The Labute approximate surface area is 380 Å². The molecule has 1 heteroatoms. The third kappa shape index (κ3) is 5.68. The van der Waals surface area contributed by atoms with E-state index in [9.17, 15) is 0 Å². The molecule has 0 bridgehead atoms. The van der Waals surface area contributed by atoms with Crippen LogP contribution in [0.3, 0.4) is 0 Å². The first-order chi connectivity index (χ1) is 31.7. The minimum Gasteiger partial charge on any atom is -0.311 e. The lowest BCUT2D eigenvalue weighted by molar-refractivity contribution is 0.341. The van der Waals surface area contributed by atoms with Gasteiger partial charge in [-0.1, -0.05) is 171 Å². The molecule has 1 spiro atoms. The van der Waals surface area contributed by atoms with Gasteiger partial charge in [0.05, 0.1) is 5.41 Å². The lowest BCUT2D eigenvalue weighted by atomic mass is 9.66. The highest BCUT2D eigenvalue weighted by molar-refractivity contribution is 5.89. The Bertz CT molecular complexity index is 2990. The van der Waals surface area contributed by atoms with E-state index >= 15 is 0 Å². The summed E-state index contributed by atoms with van der Waals surface area (Å²) in [7, 11) is 0. The number of nitrogens with zero attached hydrogens (tertiary/aromatic N) is 1. The number of hydrogen-bond donors (Lipinski definition) is 0. The molecule has 0 heterocycles. The lowest BCUT2D eigenvalue weighted by Gasteiger charge is -2.40. The second-order valence-electron chi connectivity index (χ2n) is 19.8. The predicted molar refractivity (Wildman–Crippen MR) is 268 cm³/mol. The van der Waals surface area contributed by atoms with Crippen LogP contribution >= 0.6 is 0 Å². The van der Waals surface area contributed by atoms with Crippen LogP contribution in [0.5, 0.6) is 0 Å². The van der Waals surface area contributed by atoms with Gasteiger partial charge < -0.3 is 4.90 Å². The van der Waals surface area contributed by atoms with E-state index in [1.165, 1.54) is 106 Å². The van der Waals surface area contributed by atoms with Crippen molar-refractivity contribution < 1.29 is 0 Å². The SMILES string of the molecule is C1=CC(C2(c3ccccc3)c3ccccc3-c3ccc(N(C4=CCC(c5cc6c(c7c5C=CCC7)CCC=C6)C=C4)C4=CCC5C(=C4)C4(CCCCC4)c4ccccc45)cc32)=CCC1. The summed E-state index contributed by atoms with van der Waals surface area (Å²) in [5.41, 5.74) is 24.3. The van der Waals surface area contributed by atoms with Crippen molar-refractivity contribution in [3.05, 3.63) is 242 Å². The summed E-state index contributed by atoms with van der Waals surface area (Å²) >= 11 is 0. The average Bonchev–Trinajstić information content (AvgIpc) is 3.81. The Balaban J connectivity index is 0.980. The first-order valence-electron chi connectivity index (χ1n) is 24.6. The van der Waals surface area contributed by atoms with Gasteiger partial charge >= 0.3 is 0 Å². The van der Waals surface area contributed by atoms with Crippen LogP contribution in [0.25, 0.3) is 23.3 Å². The molecule has 8 aliphatic rings. The average molecular weight is 828 g/mol. The van der Waals surface area contributed by atoms with Gasteiger partial charge in [0.15, 0.2) is 0 Å². The maximum atomic E-state index is 2.68. The first-order valence-corrected chi connectivity index (χ1v) is 24.6. The van der Waals surface area contributed by atoms with E-state index in [2.05, 4.69) is 181 Å². The van der Waals surface area contributed by atoms with E-state index in [1.54, 1.807) is 27.8 Å². The van der Waals surface area contributed by atoms with Crippen LogP contribution < -0.4 is 4.90 Å². The van der Waals surface area contributed by atoms with E-state index in [4.69, 9.17) is 0 Å². The summed E-state index contributed by atoms with van der Waals surface area (Å²) < 4.78 is 0. The van der Waals surface area contributed by atoms with Gasteiger partial charge in [-0.3, -0.25) is 0 Å². The molecule has 3 atom stereocenters. The van der Waals surface area contributed by atoms with Crippen LogP contribution in [0.1, 0.15) is 138 Å². The van der Waals surface area contributed by atoms with Crippen molar-refractivity contribution in [1.29, 1.82) is 0 Å². The molecule has 0 N–H and O–H groups in total. The van der Waals surface area contributed by atoms with Gasteiger partial charge in [-0.2, -0.15) is 0 Å². The van der Waals surface area contributed by atoms with Crippen molar-refractivity contribution in [1.82, 2.24) is 0 Å². The summed E-state index contributed by atoms with van der Waals surface area (Å²) in [5.74, 6) is 0.800. The summed E-state index contributed by atoms with van der Waals surface area (Å²) in [6, 6.07) is 40.1. The molecule has 5 aromatic rings. The molecule has 13 rings (SSSR count). The van der Waals surface area contributed by atoms with Gasteiger partial charge in [0.25, 0.3) is 0 Å². The van der Waals surface area contributed by atoms with Crippen molar-refractivity contribution in [2.24, 2.45) is 0 Å². The van der Waals surface area contributed by atoms with Gasteiger partial charge in [0.1, 0.15) is 0 Å². The largest absolute Gasteiger partial charge is 0.311 e. The molecule has 1 saturated carbocycles. The summed E-state index contributed by atoms with van der Waals surface area (Å²) in [6.45, 7) is 0. The van der Waals surface area contributed by atoms with Crippen molar-refractivity contribution >= 4 is 17.8 Å². The standard InChI is InChI=1S/C63H57N/c1-4-19-45(20-5-1)63(46-21-6-2-7-22-46)59-29-15-13-27-54(59)56-37-35-49(42-61(56)63)64(48-34-36-55-53-26-12-14-28-58(53)62(60(55)41-48)38-16-3-17-39-62)47-32-30-43(31-33-47)57-40-44-18-8-9-23-50(44)51-24-10-11-25-52(51)57/h1,4-6,8,11-15,18-22,25-30,32-35,37,40-43,55H,2-3,7,9-10,16-17,23-24,31,36,38-39H2. The molecule has 1 fully saturated rings. The third-order valence-corrected chi connectivity index (χ3v) is 16.6. The second-order valence-corrected chi connectivity index (χ2v) is 19.8. The number of benzene rings is 5. The molecule has 1 nitrogen and oxygen atoms in total. The van der Waals surface area contributed by atoms with Crippen LogP contribution in [0.2, 0.25) is 0 Å². The van der Waals surface area contributed by atoms with Gasteiger partial charge in [-0.25, -0.2) is 0 Å². The summed E-state index contributed by atoms with van der Waals surface area (Å²) in [5, 5.41) is 0. The van der Waals surface area contributed by atoms with E-state index < -0.39 is 5.41 Å². The summed E-state index contributed by atoms with van der Waals surface area (Å²) in [4.78, 5) is 2.66. The number of hydrogen-bond acceptors (Lipinski definition) is 1. The van der Waals surface area contributed by atoms with Crippen LogP contribution in [-0.4, -0.2) is 0 Å². The number of rotatable bonds is 6. The van der Waals surface area contributed by atoms with E-state index in [1.807, 2.05) is 0 Å². The lowest BCUT2D eigenvalue weighted by Crippen LogP contribution is -2.31. The summed E-state index contributed by atoms with van der Waals surface area (Å²) in [6.07, 6.45) is 45.1. The van der Waals surface area contributed by atoms with E-state index in [0.29, 0.717) is 11.8 Å². The van der Waals surface area contributed by atoms with Gasteiger partial charge in [0.2, 0.25) is 0 Å². The maximum Gasteiger partial charge on any atom is 0.0711 e. The third-order valence-electron chi connectivity index (χ3n) is 16.6.